The van der Waals surface area contributed by atoms with Gasteiger partial charge in [0.2, 0.25) is 0 Å². The lowest BCUT2D eigenvalue weighted by atomic mass is 10.1. The Morgan fingerprint density at radius 2 is 2.00 bits per heavy atom. The van der Waals surface area contributed by atoms with E-state index < -0.39 is 6.10 Å². The summed E-state index contributed by atoms with van der Waals surface area (Å²) >= 11 is 0. The highest BCUT2D eigenvalue weighted by molar-refractivity contribution is 5.38. The van der Waals surface area contributed by atoms with Crippen molar-refractivity contribution in [3.8, 4) is 5.75 Å². The summed E-state index contributed by atoms with van der Waals surface area (Å²) in [5, 5.41) is 9.62. The summed E-state index contributed by atoms with van der Waals surface area (Å²) in [4.78, 5) is 0. The van der Waals surface area contributed by atoms with Crippen molar-refractivity contribution in [2.75, 3.05) is 19.8 Å². The van der Waals surface area contributed by atoms with E-state index in [4.69, 9.17) is 9.47 Å². The molecule has 1 aromatic carbocycles. The number of aryl methyl sites for hydroxylation is 1. The molecule has 0 amide bonds. The van der Waals surface area contributed by atoms with Gasteiger partial charge in [-0.2, -0.15) is 0 Å². The molecule has 3 heteroatoms. The maximum Gasteiger partial charge on any atom is 0.125 e. The average Bonchev–Trinajstić information content (AvgIpc) is 2.28. The van der Waals surface area contributed by atoms with Crippen LogP contribution in [0.5, 0.6) is 5.75 Å². The van der Waals surface area contributed by atoms with Gasteiger partial charge in [0, 0.05) is 12.2 Å². The monoisotopic (exact) mass is 238 g/mol. The predicted molar refractivity (Wildman–Crippen MR) is 68.4 cm³/mol. The minimum Gasteiger partial charge on any atom is -0.491 e. The fraction of sp³-hybridized carbons (Fsp3) is 0.571. The van der Waals surface area contributed by atoms with Crippen molar-refractivity contribution in [1.29, 1.82) is 0 Å². The molecule has 0 fully saturated rings. The fourth-order valence-electron chi connectivity index (χ4n) is 1.57. The van der Waals surface area contributed by atoms with E-state index in [2.05, 4.69) is 6.92 Å². The van der Waals surface area contributed by atoms with Gasteiger partial charge in [0.25, 0.3) is 0 Å². The normalized spacial score (nSPS) is 12.5. The summed E-state index contributed by atoms with van der Waals surface area (Å²) in [6.07, 6.45) is 0.505. The zero-order valence-corrected chi connectivity index (χ0v) is 10.9. The molecule has 1 atom stereocenters. The van der Waals surface area contributed by atoms with Crippen LogP contribution in [0.25, 0.3) is 0 Å². The van der Waals surface area contributed by atoms with E-state index in [-0.39, 0.29) is 0 Å². The van der Waals surface area contributed by atoms with Gasteiger partial charge >= 0.3 is 0 Å². The number of rotatable bonds is 7. The van der Waals surface area contributed by atoms with Gasteiger partial charge < -0.3 is 14.6 Å². The van der Waals surface area contributed by atoms with Crippen molar-refractivity contribution < 1.29 is 14.6 Å². The Balaban J connectivity index is 2.53. The van der Waals surface area contributed by atoms with Gasteiger partial charge in [-0.25, -0.2) is 0 Å². The summed E-state index contributed by atoms with van der Waals surface area (Å²) in [7, 11) is 0. The minimum atomic E-state index is -0.512. The van der Waals surface area contributed by atoms with E-state index in [1.807, 2.05) is 25.1 Å². The zero-order chi connectivity index (χ0) is 12.7. The molecule has 0 heterocycles. The molecule has 0 bridgehead atoms. The molecule has 0 radical (unpaired) electrons. The van der Waals surface area contributed by atoms with Crippen LogP contribution in [-0.4, -0.2) is 24.9 Å². The molecule has 96 valence electrons. The summed E-state index contributed by atoms with van der Waals surface area (Å²) in [5.74, 6) is 0.750. The second-order valence-electron chi connectivity index (χ2n) is 4.18. The van der Waals surface area contributed by atoms with Crippen LogP contribution < -0.4 is 4.74 Å². The van der Waals surface area contributed by atoms with Gasteiger partial charge in [0.1, 0.15) is 12.4 Å². The van der Waals surface area contributed by atoms with Crippen LogP contribution in [0.3, 0.4) is 0 Å². The molecule has 0 spiro atoms. The van der Waals surface area contributed by atoms with Gasteiger partial charge in [-0.1, -0.05) is 19.1 Å². The quantitative estimate of drug-likeness (QED) is 0.742. The van der Waals surface area contributed by atoms with Gasteiger partial charge in [0.15, 0.2) is 0 Å². The van der Waals surface area contributed by atoms with Crippen LogP contribution in [0.1, 0.15) is 37.5 Å². The SMILES string of the molecule is CCCOCCOc1cc(C)ccc1[C@@H](C)O. The van der Waals surface area contributed by atoms with Crippen molar-refractivity contribution in [2.24, 2.45) is 0 Å². The molecule has 0 aliphatic rings. The van der Waals surface area contributed by atoms with Gasteiger partial charge in [0.05, 0.1) is 12.7 Å². The van der Waals surface area contributed by atoms with Crippen LogP contribution in [-0.2, 0) is 4.74 Å². The standard InChI is InChI=1S/C14H22O3/c1-4-7-16-8-9-17-14-10-11(2)5-6-13(14)12(3)15/h5-6,10,12,15H,4,7-9H2,1-3H3/t12-/m1/s1. The molecule has 0 saturated carbocycles. The minimum absolute atomic E-state index is 0.512. The highest BCUT2D eigenvalue weighted by Gasteiger charge is 2.09. The Morgan fingerprint density at radius 3 is 2.65 bits per heavy atom. The molecular formula is C14H22O3. The smallest absolute Gasteiger partial charge is 0.125 e. The number of aliphatic hydroxyl groups excluding tert-OH is 1. The molecule has 0 aliphatic heterocycles. The van der Waals surface area contributed by atoms with Crippen molar-refractivity contribution in [1.82, 2.24) is 0 Å². The number of hydrogen-bond donors (Lipinski definition) is 1. The zero-order valence-electron chi connectivity index (χ0n) is 10.9. The third kappa shape index (κ3) is 4.75. The largest absolute Gasteiger partial charge is 0.491 e. The molecule has 3 nitrogen and oxygen atoms in total. The van der Waals surface area contributed by atoms with E-state index in [1.54, 1.807) is 6.92 Å². The molecule has 17 heavy (non-hydrogen) atoms. The van der Waals surface area contributed by atoms with Gasteiger partial charge in [-0.15, -0.1) is 0 Å². The van der Waals surface area contributed by atoms with E-state index in [0.29, 0.717) is 13.2 Å². The maximum atomic E-state index is 9.62. The van der Waals surface area contributed by atoms with Crippen LogP contribution >= 0.6 is 0 Å². The molecular weight excluding hydrogens is 216 g/mol. The van der Waals surface area contributed by atoms with Crippen molar-refractivity contribution in [2.45, 2.75) is 33.3 Å². The van der Waals surface area contributed by atoms with Crippen LogP contribution in [0.15, 0.2) is 18.2 Å². The molecule has 1 aromatic rings. The third-order valence-electron chi connectivity index (χ3n) is 2.45. The lowest BCUT2D eigenvalue weighted by Gasteiger charge is -2.14. The van der Waals surface area contributed by atoms with Crippen LogP contribution in [0, 0.1) is 6.92 Å². The topological polar surface area (TPSA) is 38.7 Å². The van der Waals surface area contributed by atoms with E-state index in [9.17, 15) is 5.11 Å². The molecule has 1 rings (SSSR count). The second-order valence-corrected chi connectivity index (χ2v) is 4.18. The molecule has 1 N–H and O–H groups in total. The second kappa shape index (κ2) is 7.30. The number of aliphatic hydroxyl groups is 1. The summed E-state index contributed by atoms with van der Waals surface area (Å²) in [6.45, 7) is 7.69. The summed E-state index contributed by atoms with van der Waals surface area (Å²) in [5.41, 5.74) is 1.95. The van der Waals surface area contributed by atoms with Gasteiger partial charge in [-0.3, -0.25) is 0 Å². The van der Waals surface area contributed by atoms with E-state index >= 15 is 0 Å². The average molecular weight is 238 g/mol. The summed E-state index contributed by atoms with van der Waals surface area (Å²) in [6, 6.07) is 5.83. The van der Waals surface area contributed by atoms with Gasteiger partial charge in [-0.05, 0) is 31.9 Å². The molecule has 0 aliphatic carbocycles. The van der Waals surface area contributed by atoms with E-state index in [1.165, 1.54) is 0 Å². The highest BCUT2D eigenvalue weighted by Crippen LogP contribution is 2.26. The Hall–Kier alpha value is -1.06. The van der Waals surface area contributed by atoms with E-state index in [0.717, 1.165) is 29.9 Å². The molecule has 0 saturated heterocycles. The summed E-state index contributed by atoms with van der Waals surface area (Å²) < 4.78 is 11.0. The molecule has 0 aromatic heterocycles. The Labute approximate surface area is 103 Å². The predicted octanol–water partition coefficient (Wildman–Crippen LogP) is 2.85. The first-order chi connectivity index (χ1) is 8.15. The first-order valence-electron chi connectivity index (χ1n) is 6.14. The Bertz CT molecular complexity index is 334. The first-order valence-corrected chi connectivity index (χ1v) is 6.14. The van der Waals surface area contributed by atoms with Crippen LogP contribution in [0.2, 0.25) is 0 Å². The third-order valence-corrected chi connectivity index (χ3v) is 2.45. The maximum absolute atomic E-state index is 9.62. The number of ether oxygens (including phenoxy) is 2. The van der Waals surface area contributed by atoms with Crippen molar-refractivity contribution >= 4 is 0 Å². The number of hydrogen-bond acceptors (Lipinski definition) is 3. The van der Waals surface area contributed by atoms with Crippen LogP contribution in [0.4, 0.5) is 0 Å². The lowest BCUT2D eigenvalue weighted by molar-refractivity contribution is 0.0986. The Morgan fingerprint density at radius 1 is 1.24 bits per heavy atom. The Kier molecular flexibility index (Phi) is 6.01. The first kappa shape index (κ1) is 14.0. The fourth-order valence-corrected chi connectivity index (χ4v) is 1.57. The molecule has 0 unspecified atom stereocenters. The van der Waals surface area contributed by atoms with Crippen molar-refractivity contribution in [3.05, 3.63) is 29.3 Å². The lowest BCUT2D eigenvalue weighted by Crippen LogP contribution is -2.09. The van der Waals surface area contributed by atoms with Crippen molar-refractivity contribution in [3.63, 3.8) is 0 Å². The number of benzene rings is 1. The highest BCUT2D eigenvalue weighted by atomic mass is 16.5.